The number of piperazine rings is 1. The van der Waals surface area contributed by atoms with Crippen LogP contribution in [-0.2, 0) is 4.79 Å². The molecule has 1 N–H and O–H groups in total. The molecule has 1 aromatic rings. The zero-order valence-electron chi connectivity index (χ0n) is 12.5. The number of hydrogen-bond acceptors (Lipinski definition) is 4. The molecule has 0 aromatic heterocycles. The summed E-state index contributed by atoms with van der Waals surface area (Å²) in [7, 11) is 2.07. The van der Waals surface area contributed by atoms with Crippen molar-refractivity contribution in [2.75, 3.05) is 38.5 Å². The summed E-state index contributed by atoms with van der Waals surface area (Å²) in [6.45, 7) is 5.47. The van der Waals surface area contributed by atoms with Crippen LogP contribution in [0, 0.1) is 18.3 Å². The van der Waals surface area contributed by atoms with E-state index >= 15 is 0 Å². The molecular formula is C16H20N4O. The van der Waals surface area contributed by atoms with Crippen molar-refractivity contribution in [3.63, 3.8) is 0 Å². The quantitative estimate of drug-likeness (QED) is 0.676. The lowest BCUT2D eigenvalue weighted by Crippen LogP contribution is -2.42. The maximum absolute atomic E-state index is 12.2. The molecule has 0 radical (unpaired) electrons. The van der Waals surface area contributed by atoms with E-state index in [0.717, 1.165) is 37.4 Å². The van der Waals surface area contributed by atoms with Gasteiger partial charge in [-0.15, -0.1) is 0 Å². The molecule has 0 spiro atoms. The normalized spacial score (nSPS) is 16.4. The van der Waals surface area contributed by atoms with E-state index in [9.17, 15) is 10.1 Å². The highest BCUT2D eigenvalue weighted by atomic mass is 16.1. The molecule has 5 nitrogen and oxygen atoms in total. The molecule has 1 fully saturated rings. The number of carbonyl (C=O) groups is 1. The van der Waals surface area contributed by atoms with Gasteiger partial charge in [0.15, 0.2) is 0 Å². The number of para-hydroxylation sites is 1. The fraction of sp³-hybridized carbons (Fsp3) is 0.375. The summed E-state index contributed by atoms with van der Waals surface area (Å²) < 4.78 is 0. The van der Waals surface area contributed by atoms with Crippen molar-refractivity contribution in [1.29, 1.82) is 5.26 Å². The van der Waals surface area contributed by atoms with Crippen LogP contribution in [0.25, 0.3) is 0 Å². The van der Waals surface area contributed by atoms with Crippen LogP contribution >= 0.6 is 0 Å². The Morgan fingerprint density at radius 2 is 1.95 bits per heavy atom. The first-order chi connectivity index (χ1) is 10.1. The van der Waals surface area contributed by atoms with Gasteiger partial charge in [0.25, 0.3) is 5.91 Å². The Kier molecular flexibility index (Phi) is 4.96. The van der Waals surface area contributed by atoms with Gasteiger partial charge in [-0.1, -0.05) is 18.2 Å². The number of nitrogens with one attached hydrogen (secondary N) is 1. The van der Waals surface area contributed by atoms with E-state index in [4.69, 9.17) is 0 Å². The maximum atomic E-state index is 12.2. The van der Waals surface area contributed by atoms with Crippen LogP contribution in [0.1, 0.15) is 5.56 Å². The number of likely N-dealkylation sites (N-methyl/N-ethyl adjacent to an activating group) is 1. The van der Waals surface area contributed by atoms with E-state index < -0.39 is 0 Å². The SMILES string of the molecule is Cc1ccccc1NC(=O)/C(C#N)=C\N1CCN(C)CC1. The number of rotatable bonds is 3. The first-order valence-corrected chi connectivity index (χ1v) is 7.01. The van der Waals surface area contributed by atoms with E-state index in [1.54, 1.807) is 6.20 Å². The second-order valence-electron chi connectivity index (χ2n) is 5.26. The Morgan fingerprint density at radius 3 is 2.57 bits per heavy atom. The molecular weight excluding hydrogens is 264 g/mol. The molecule has 0 bridgehead atoms. The fourth-order valence-electron chi connectivity index (χ4n) is 2.17. The van der Waals surface area contributed by atoms with Gasteiger partial charge in [-0.25, -0.2) is 0 Å². The average molecular weight is 284 g/mol. The number of hydrogen-bond donors (Lipinski definition) is 1. The lowest BCUT2D eigenvalue weighted by molar-refractivity contribution is -0.112. The molecule has 110 valence electrons. The highest BCUT2D eigenvalue weighted by Gasteiger charge is 2.15. The molecule has 0 saturated carbocycles. The highest BCUT2D eigenvalue weighted by Crippen LogP contribution is 2.14. The second kappa shape index (κ2) is 6.91. The van der Waals surface area contributed by atoms with Crippen molar-refractivity contribution in [3.8, 4) is 6.07 Å². The third-order valence-electron chi connectivity index (χ3n) is 3.61. The fourth-order valence-corrected chi connectivity index (χ4v) is 2.17. The third kappa shape index (κ3) is 4.07. The van der Waals surface area contributed by atoms with Gasteiger partial charge in [-0.3, -0.25) is 4.79 Å². The number of aryl methyl sites for hydroxylation is 1. The molecule has 1 aliphatic rings. The molecule has 0 unspecified atom stereocenters. The zero-order chi connectivity index (χ0) is 15.2. The van der Waals surface area contributed by atoms with Gasteiger partial charge in [-0.05, 0) is 25.6 Å². The monoisotopic (exact) mass is 284 g/mol. The first kappa shape index (κ1) is 15.1. The predicted octanol–water partition coefficient (Wildman–Crippen LogP) is 1.59. The van der Waals surface area contributed by atoms with E-state index in [1.807, 2.05) is 42.2 Å². The Labute approximate surface area is 125 Å². The number of anilines is 1. The van der Waals surface area contributed by atoms with Crippen LogP contribution in [0.3, 0.4) is 0 Å². The topological polar surface area (TPSA) is 59.4 Å². The van der Waals surface area contributed by atoms with Crippen molar-refractivity contribution >= 4 is 11.6 Å². The van der Waals surface area contributed by atoms with Crippen LogP contribution in [0.5, 0.6) is 0 Å². The van der Waals surface area contributed by atoms with Crippen LogP contribution in [0.4, 0.5) is 5.69 Å². The van der Waals surface area contributed by atoms with Crippen molar-refractivity contribution in [1.82, 2.24) is 9.80 Å². The minimum Gasteiger partial charge on any atom is -0.374 e. The summed E-state index contributed by atoms with van der Waals surface area (Å²) in [6, 6.07) is 9.52. The van der Waals surface area contributed by atoms with Gasteiger partial charge in [0.1, 0.15) is 11.6 Å². The Balaban J connectivity index is 2.05. The molecule has 5 heteroatoms. The van der Waals surface area contributed by atoms with E-state index in [-0.39, 0.29) is 11.5 Å². The minimum atomic E-state index is -0.356. The minimum absolute atomic E-state index is 0.141. The van der Waals surface area contributed by atoms with Crippen molar-refractivity contribution < 1.29 is 4.79 Å². The summed E-state index contributed by atoms with van der Waals surface area (Å²) in [5.41, 5.74) is 1.85. The van der Waals surface area contributed by atoms with Gasteiger partial charge >= 0.3 is 0 Å². The molecule has 21 heavy (non-hydrogen) atoms. The Hall–Kier alpha value is -2.32. The molecule has 0 atom stereocenters. The standard InChI is InChI=1S/C16H20N4O/c1-13-5-3-4-6-15(13)18-16(21)14(11-17)12-20-9-7-19(2)8-10-20/h3-6,12H,7-10H2,1-2H3,(H,18,21)/b14-12-. The van der Waals surface area contributed by atoms with Gasteiger partial charge in [0.05, 0.1) is 0 Å². The molecule has 1 amide bonds. The van der Waals surface area contributed by atoms with Crippen molar-refractivity contribution in [2.45, 2.75) is 6.92 Å². The van der Waals surface area contributed by atoms with E-state index in [0.29, 0.717) is 0 Å². The molecule has 1 heterocycles. The van der Waals surface area contributed by atoms with Crippen LogP contribution in [0.15, 0.2) is 36.0 Å². The zero-order valence-corrected chi connectivity index (χ0v) is 12.5. The smallest absolute Gasteiger partial charge is 0.267 e. The second-order valence-corrected chi connectivity index (χ2v) is 5.26. The lowest BCUT2D eigenvalue weighted by atomic mass is 10.2. The van der Waals surface area contributed by atoms with Gasteiger partial charge < -0.3 is 15.1 Å². The number of benzene rings is 1. The molecule has 1 saturated heterocycles. The number of nitrogens with zero attached hydrogens (tertiary/aromatic N) is 3. The van der Waals surface area contributed by atoms with Crippen molar-refractivity contribution in [3.05, 3.63) is 41.6 Å². The summed E-state index contributed by atoms with van der Waals surface area (Å²) >= 11 is 0. The van der Waals surface area contributed by atoms with E-state index in [1.165, 1.54) is 0 Å². The largest absolute Gasteiger partial charge is 0.374 e. The van der Waals surface area contributed by atoms with Gasteiger partial charge in [-0.2, -0.15) is 5.26 Å². The maximum Gasteiger partial charge on any atom is 0.267 e. The summed E-state index contributed by atoms with van der Waals surface area (Å²) in [5, 5.41) is 12.0. The molecule has 1 aromatic carbocycles. The van der Waals surface area contributed by atoms with Gasteiger partial charge in [0, 0.05) is 38.1 Å². The highest BCUT2D eigenvalue weighted by molar-refractivity contribution is 6.06. The number of carbonyl (C=O) groups excluding carboxylic acids is 1. The van der Waals surface area contributed by atoms with E-state index in [2.05, 4.69) is 17.3 Å². The average Bonchev–Trinajstić information content (AvgIpc) is 2.49. The lowest BCUT2D eigenvalue weighted by Gasteiger charge is -2.31. The molecule has 1 aliphatic heterocycles. The van der Waals surface area contributed by atoms with Crippen LogP contribution in [-0.4, -0.2) is 48.9 Å². The summed E-state index contributed by atoms with van der Waals surface area (Å²) in [4.78, 5) is 16.4. The summed E-state index contributed by atoms with van der Waals surface area (Å²) in [6.07, 6.45) is 1.67. The first-order valence-electron chi connectivity index (χ1n) is 7.01. The molecule has 0 aliphatic carbocycles. The predicted molar refractivity (Wildman–Crippen MR) is 82.6 cm³/mol. The van der Waals surface area contributed by atoms with Crippen LogP contribution in [0.2, 0.25) is 0 Å². The molecule has 2 rings (SSSR count). The Bertz CT molecular complexity index is 580. The summed E-state index contributed by atoms with van der Waals surface area (Å²) in [5.74, 6) is -0.356. The number of nitriles is 1. The van der Waals surface area contributed by atoms with Gasteiger partial charge in [0.2, 0.25) is 0 Å². The Morgan fingerprint density at radius 1 is 1.29 bits per heavy atom. The number of amides is 1. The third-order valence-corrected chi connectivity index (χ3v) is 3.61. The van der Waals surface area contributed by atoms with Crippen molar-refractivity contribution in [2.24, 2.45) is 0 Å². The van der Waals surface area contributed by atoms with Crippen LogP contribution < -0.4 is 5.32 Å².